The number of piperazine rings is 1. The molecule has 0 atom stereocenters. The molecule has 1 saturated heterocycles. The first-order chi connectivity index (χ1) is 28.1. The second-order valence-corrected chi connectivity index (χ2v) is 15.1. The molecule has 0 unspecified atom stereocenters. The topological polar surface area (TPSA) is 189 Å². The van der Waals surface area contributed by atoms with Crippen molar-refractivity contribution < 1.29 is 19.1 Å². The van der Waals surface area contributed by atoms with E-state index in [1.165, 1.54) is 34.4 Å². The fraction of sp³-hybridized carbons (Fsp3) is 0.375. The molecule has 0 radical (unpaired) electrons. The summed E-state index contributed by atoms with van der Waals surface area (Å²) in [5, 5.41) is 9.93. The third-order valence-corrected chi connectivity index (χ3v) is 10.5. The van der Waals surface area contributed by atoms with E-state index >= 15 is 0 Å². The third-order valence-electron chi connectivity index (χ3n) is 9.32. The van der Waals surface area contributed by atoms with Gasteiger partial charge in [-0.1, -0.05) is 47.9 Å². The van der Waals surface area contributed by atoms with Crippen molar-refractivity contribution >= 4 is 62.9 Å². The number of unbranched alkanes of at least 4 members (excludes halogenated alkanes) is 3. The van der Waals surface area contributed by atoms with Crippen LogP contribution in [0.4, 0.5) is 28.1 Å². The highest BCUT2D eigenvalue weighted by atomic mass is 35.5. The molecule has 0 saturated carbocycles. The van der Waals surface area contributed by atoms with Crippen LogP contribution in [0.1, 0.15) is 46.7 Å². The molecule has 4 N–H and O–H groups in total. The maximum absolute atomic E-state index is 12.9. The molecule has 5 aromatic rings. The van der Waals surface area contributed by atoms with Crippen molar-refractivity contribution in [2.24, 2.45) is 0 Å². The van der Waals surface area contributed by atoms with Gasteiger partial charge in [-0.25, -0.2) is 19.7 Å². The normalized spacial score (nSPS) is 13.1. The quantitative estimate of drug-likeness (QED) is 0.0778. The van der Waals surface area contributed by atoms with E-state index in [9.17, 15) is 19.2 Å². The number of benzene rings is 2. The molecule has 6 rings (SSSR count). The highest BCUT2D eigenvalue weighted by Crippen LogP contribution is 2.28. The highest BCUT2D eigenvalue weighted by Gasteiger charge is 2.20. The van der Waals surface area contributed by atoms with Crippen LogP contribution in [0.15, 0.2) is 76.6 Å². The molecule has 58 heavy (non-hydrogen) atoms. The minimum atomic E-state index is -0.539. The zero-order valence-electron chi connectivity index (χ0n) is 32.5. The molecule has 16 nitrogen and oxygen atoms in total. The number of aromatic amines is 1. The summed E-state index contributed by atoms with van der Waals surface area (Å²) in [6.45, 7) is 9.74. The van der Waals surface area contributed by atoms with Crippen LogP contribution in [-0.4, -0.2) is 100 Å². The number of para-hydroxylation sites is 1. The number of anilines is 5. The second kappa shape index (κ2) is 20.8. The lowest BCUT2D eigenvalue weighted by Crippen LogP contribution is -2.47. The average molecular weight is 831 g/mol. The van der Waals surface area contributed by atoms with Gasteiger partial charge < -0.3 is 30.3 Å². The van der Waals surface area contributed by atoms with Crippen LogP contribution in [0.2, 0.25) is 5.02 Å². The Morgan fingerprint density at radius 3 is 2.45 bits per heavy atom. The molecule has 306 valence electrons. The van der Waals surface area contributed by atoms with Crippen molar-refractivity contribution in [2.45, 2.75) is 39.5 Å². The van der Waals surface area contributed by atoms with Gasteiger partial charge >= 0.3 is 5.69 Å². The lowest BCUT2D eigenvalue weighted by molar-refractivity contribution is -0.121. The monoisotopic (exact) mass is 830 g/mol. The summed E-state index contributed by atoms with van der Waals surface area (Å²) < 4.78 is 12.4. The molecular formula is C40H47ClN10O6S. The first-order valence-electron chi connectivity index (χ1n) is 19.1. The number of H-pyrrole nitrogens is 1. The van der Waals surface area contributed by atoms with Crippen molar-refractivity contribution in [3.8, 4) is 5.69 Å². The maximum atomic E-state index is 12.9. The van der Waals surface area contributed by atoms with Crippen molar-refractivity contribution in [3.05, 3.63) is 109 Å². The van der Waals surface area contributed by atoms with Crippen molar-refractivity contribution in [2.75, 3.05) is 80.0 Å². The Balaban J connectivity index is 0.800. The highest BCUT2D eigenvalue weighted by molar-refractivity contribution is 7.17. The predicted octanol–water partition coefficient (Wildman–Crippen LogP) is 5.39. The van der Waals surface area contributed by atoms with Gasteiger partial charge in [-0.05, 0) is 69.1 Å². The molecule has 0 spiro atoms. The van der Waals surface area contributed by atoms with Crippen LogP contribution in [-0.2, 0) is 14.3 Å². The number of rotatable bonds is 19. The van der Waals surface area contributed by atoms with Crippen molar-refractivity contribution in [1.29, 1.82) is 0 Å². The molecule has 1 aliphatic rings. The van der Waals surface area contributed by atoms with Crippen LogP contribution in [0.5, 0.6) is 0 Å². The summed E-state index contributed by atoms with van der Waals surface area (Å²) in [5.41, 5.74) is 1.58. The Labute approximate surface area is 344 Å². The fourth-order valence-electron chi connectivity index (χ4n) is 6.29. The van der Waals surface area contributed by atoms with Gasteiger partial charge in [0.25, 0.3) is 11.5 Å². The van der Waals surface area contributed by atoms with Crippen LogP contribution in [0, 0.1) is 13.8 Å². The summed E-state index contributed by atoms with van der Waals surface area (Å²) in [4.78, 5) is 69.4. The molecule has 2 aromatic carbocycles. The van der Waals surface area contributed by atoms with E-state index in [2.05, 4.69) is 40.7 Å². The van der Waals surface area contributed by atoms with E-state index in [0.717, 1.165) is 69.8 Å². The molecule has 1 fully saturated rings. The number of nitrogens with one attached hydrogen (secondary N) is 4. The first kappa shape index (κ1) is 42.2. The Morgan fingerprint density at radius 1 is 0.897 bits per heavy atom. The Morgan fingerprint density at radius 2 is 1.67 bits per heavy atom. The van der Waals surface area contributed by atoms with Gasteiger partial charge in [-0.3, -0.25) is 28.8 Å². The third kappa shape index (κ3) is 12.3. The van der Waals surface area contributed by atoms with Crippen LogP contribution >= 0.6 is 22.9 Å². The van der Waals surface area contributed by atoms with Gasteiger partial charge in [0, 0.05) is 56.8 Å². The van der Waals surface area contributed by atoms with Gasteiger partial charge in [-0.2, -0.15) is 0 Å². The summed E-state index contributed by atoms with van der Waals surface area (Å²) >= 11 is 7.52. The molecule has 3 aromatic heterocycles. The molecule has 4 heterocycles. The molecule has 0 aliphatic carbocycles. The van der Waals surface area contributed by atoms with Crippen LogP contribution < -0.4 is 32.1 Å². The Kier molecular flexibility index (Phi) is 15.1. The van der Waals surface area contributed by atoms with Crippen molar-refractivity contribution in [3.63, 3.8) is 0 Å². The molecule has 1 aliphatic heterocycles. The van der Waals surface area contributed by atoms with Gasteiger partial charge in [0.2, 0.25) is 5.91 Å². The average Bonchev–Trinajstić information content (AvgIpc) is 3.67. The van der Waals surface area contributed by atoms with E-state index in [0.29, 0.717) is 63.6 Å². The number of ether oxygens (including phenoxy) is 2. The van der Waals surface area contributed by atoms with Gasteiger partial charge in [-0.15, -0.1) is 0 Å². The van der Waals surface area contributed by atoms with E-state index in [1.807, 2.05) is 32.0 Å². The molecule has 18 heteroatoms. The van der Waals surface area contributed by atoms with E-state index in [4.69, 9.17) is 26.1 Å². The summed E-state index contributed by atoms with van der Waals surface area (Å²) in [6.07, 6.45) is 7.24. The minimum Gasteiger partial charge on any atom is -0.379 e. The lowest BCUT2D eigenvalue weighted by atomic mass is 10.2. The van der Waals surface area contributed by atoms with Crippen LogP contribution in [0.25, 0.3) is 5.69 Å². The molecular weight excluding hydrogens is 784 g/mol. The molecule has 2 amide bonds. The second-order valence-electron chi connectivity index (χ2n) is 13.7. The molecule has 0 bridgehead atoms. The summed E-state index contributed by atoms with van der Waals surface area (Å²) in [6, 6.07) is 15.3. The van der Waals surface area contributed by atoms with E-state index in [1.54, 1.807) is 30.3 Å². The predicted molar refractivity (Wildman–Crippen MR) is 226 cm³/mol. The summed E-state index contributed by atoms with van der Waals surface area (Å²) in [5.74, 6) is 1.57. The largest absolute Gasteiger partial charge is 0.379 e. The summed E-state index contributed by atoms with van der Waals surface area (Å²) in [7, 11) is 0. The SMILES string of the molecule is Cc1nc(Nc2ncc(C(=O)Nc3c(C)cccc3Cl)s2)cc(N2CCN(CCCCCCOCCOCC(=O)Nc3ccc(-n4ccc(=O)[nH]c4=O)cc3)CC2)n1. The van der Waals surface area contributed by atoms with Crippen molar-refractivity contribution in [1.82, 2.24) is 29.4 Å². The van der Waals surface area contributed by atoms with E-state index < -0.39 is 11.2 Å². The maximum Gasteiger partial charge on any atom is 0.332 e. The number of aryl methyl sites for hydroxylation is 2. The smallest absolute Gasteiger partial charge is 0.332 e. The first-order valence-corrected chi connectivity index (χ1v) is 20.3. The Hall–Kier alpha value is -5.46. The van der Waals surface area contributed by atoms with Gasteiger partial charge in [0.1, 0.15) is 28.9 Å². The standard InChI is InChI=1S/C40H47ClN10O6S/c1-27-8-7-9-31(41)37(27)48-38(54)32-25-42-39(58-32)46-33-24-34(44-28(2)43-33)50-19-17-49(18-20-50)15-5-3-4-6-21-56-22-23-57-26-36(53)45-29-10-12-30(13-11-29)51-16-14-35(52)47-40(51)55/h7-14,16,24-25H,3-6,15,17-23,26H2,1-2H3,(H,45,53)(H,48,54)(H,47,52,55)(H,42,43,44,46). The number of hydrogen-bond donors (Lipinski definition) is 4. The van der Waals surface area contributed by atoms with Crippen LogP contribution in [0.3, 0.4) is 0 Å². The zero-order chi connectivity index (χ0) is 40.9. The Bertz CT molecular complexity index is 2250. The van der Waals surface area contributed by atoms with Gasteiger partial charge in [0.15, 0.2) is 5.13 Å². The number of amides is 2. The fourth-order valence-corrected chi connectivity index (χ4v) is 7.28. The van der Waals surface area contributed by atoms with Gasteiger partial charge in [0.05, 0.1) is 35.8 Å². The van der Waals surface area contributed by atoms with E-state index in [-0.39, 0.29) is 18.4 Å². The number of carbonyl (C=O) groups is 2. The number of thiazole rings is 1. The number of nitrogens with zero attached hydrogens (tertiary/aromatic N) is 6. The number of hydrogen-bond acceptors (Lipinski definition) is 13. The number of carbonyl (C=O) groups excluding carboxylic acids is 2. The minimum absolute atomic E-state index is 0.0983. The lowest BCUT2D eigenvalue weighted by Gasteiger charge is -2.35. The zero-order valence-corrected chi connectivity index (χ0v) is 34.0. The number of aromatic nitrogens is 5. The number of halogens is 1.